The molecule has 0 aliphatic carbocycles. The van der Waals surface area contributed by atoms with E-state index in [1.165, 1.54) is 0 Å². The Morgan fingerprint density at radius 2 is 1.75 bits per heavy atom. The lowest BCUT2D eigenvalue weighted by Crippen LogP contribution is -2.41. The van der Waals surface area contributed by atoms with Crippen molar-refractivity contribution in [3.8, 4) is 5.88 Å². The second-order valence-corrected chi connectivity index (χ2v) is 6.49. The highest BCUT2D eigenvalue weighted by Crippen LogP contribution is 2.37. The zero-order valence-electron chi connectivity index (χ0n) is 12.7. The SMILES string of the molecule is CC(C)Oc1nc(Cl)ncc1B1OC(C)(C)C(C)(C)O1. The van der Waals surface area contributed by atoms with Gasteiger partial charge in [0.2, 0.25) is 11.2 Å². The Hall–Kier alpha value is -0.845. The molecule has 1 aromatic heterocycles. The first-order valence-electron chi connectivity index (χ1n) is 6.67. The molecule has 1 fully saturated rings. The first-order chi connectivity index (χ1) is 9.12. The van der Waals surface area contributed by atoms with Crippen LogP contribution in [0.5, 0.6) is 5.88 Å². The largest absolute Gasteiger partial charge is 0.502 e. The van der Waals surface area contributed by atoms with Crippen LogP contribution in [0.15, 0.2) is 6.20 Å². The summed E-state index contributed by atoms with van der Waals surface area (Å²) in [5.41, 5.74) is -0.194. The molecular formula is C13H20BClN2O3. The maximum atomic E-state index is 5.99. The molecule has 0 bridgehead atoms. The molecule has 0 spiro atoms. The molecule has 1 aromatic rings. The number of nitrogens with zero attached hydrogens (tertiary/aromatic N) is 2. The highest BCUT2D eigenvalue weighted by Gasteiger charge is 2.53. The lowest BCUT2D eigenvalue weighted by molar-refractivity contribution is 0.00578. The summed E-state index contributed by atoms with van der Waals surface area (Å²) in [6.07, 6.45) is 1.57. The third kappa shape index (κ3) is 2.92. The average Bonchev–Trinajstić information content (AvgIpc) is 2.46. The van der Waals surface area contributed by atoms with Crippen molar-refractivity contribution < 1.29 is 14.0 Å². The highest BCUT2D eigenvalue weighted by molar-refractivity contribution is 6.63. The molecule has 0 amide bonds. The van der Waals surface area contributed by atoms with Gasteiger partial charge in [0.05, 0.1) is 22.8 Å². The molecule has 0 unspecified atom stereocenters. The molecule has 1 saturated heterocycles. The van der Waals surface area contributed by atoms with Crippen LogP contribution in [0.1, 0.15) is 41.5 Å². The van der Waals surface area contributed by atoms with Gasteiger partial charge in [-0.25, -0.2) is 4.98 Å². The molecule has 110 valence electrons. The van der Waals surface area contributed by atoms with Gasteiger partial charge in [-0.05, 0) is 53.1 Å². The molecule has 0 N–H and O–H groups in total. The van der Waals surface area contributed by atoms with Crippen molar-refractivity contribution in [2.75, 3.05) is 0 Å². The second-order valence-electron chi connectivity index (χ2n) is 6.15. The molecule has 0 aromatic carbocycles. The van der Waals surface area contributed by atoms with Gasteiger partial charge < -0.3 is 14.0 Å². The Morgan fingerprint density at radius 1 is 1.20 bits per heavy atom. The normalized spacial score (nSPS) is 20.5. The van der Waals surface area contributed by atoms with Gasteiger partial charge >= 0.3 is 7.12 Å². The molecule has 0 saturated carbocycles. The van der Waals surface area contributed by atoms with E-state index in [1.54, 1.807) is 6.20 Å². The van der Waals surface area contributed by atoms with Gasteiger partial charge in [-0.2, -0.15) is 4.98 Å². The van der Waals surface area contributed by atoms with Crippen molar-refractivity contribution >= 4 is 24.2 Å². The third-order valence-electron chi connectivity index (χ3n) is 3.61. The van der Waals surface area contributed by atoms with E-state index < -0.39 is 18.3 Å². The zero-order valence-corrected chi connectivity index (χ0v) is 13.5. The molecule has 7 heteroatoms. The molecule has 0 atom stereocenters. The summed E-state index contributed by atoms with van der Waals surface area (Å²) >= 11 is 5.84. The van der Waals surface area contributed by atoms with E-state index in [0.29, 0.717) is 11.3 Å². The van der Waals surface area contributed by atoms with E-state index in [0.717, 1.165) is 0 Å². The number of hydrogen-bond donors (Lipinski definition) is 0. The van der Waals surface area contributed by atoms with E-state index >= 15 is 0 Å². The zero-order chi connectivity index (χ0) is 15.1. The summed E-state index contributed by atoms with van der Waals surface area (Å²) in [4.78, 5) is 8.13. The van der Waals surface area contributed by atoms with E-state index in [9.17, 15) is 0 Å². The summed E-state index contributed by atoms with van der Waals surface area (Å²) in [6.45, 7) is 11.8. The van der Waals surface area contributed by atoms with Crippen molar-refractivity contribution in [3.63, 3.8) is 0 Å². The van der Waals surface area contributed by atoms with Gasteiger partial charge in [0.25, 0.3) is 0 Å². The van der Waals surface area contributed by atoms with Crippen LogP contribution in [0, 0.1) is 0 Å². The van der Waals surface area contributed by atoms with Gasteiger partial charge in [-0.3, -0.25) is 0 Å². The Morgan fingerprint density at radius 3 is 2.25 bits per heavy atom. The Bertz CT molecular complexity index is 492. The fourth-order valence-corrected chi connectivity index (χ4v) is 1.93. The Balaban J connectivity index is 2.34. The van der Waals surface area contributed by atoms with Gasteiger partial charge in [0.1, 0.15) is 0 Å². The number of aromatic nitrogens is 2. The lowest BCUT2D eigenvalue weighted by atomic mass is 9.81. The quantitative estimate of drug-likeness (QED) is 0.632. The Kier molecular flexibility index (Phi) is 4.02. The molecule has 1 aliphatic heterocycles. The van der Waals surface area contributed by atoms with Gasteiger partial charge in [-0.15, -0.1) is 0 Å². The minimum atomic E-state index is -0.564. The molecule has 2 heterocycles. The first-order valence-corrected chi connectivity index (χ1v) is 7.05. The van der Waals surface area contributed by atoms with E-state index in [1.807, 2.05) is 41.5 Å². The van der Waals surface area contributed by atoms with Crippen LogP contribution in [0.2, 0.25) is 5.28 Å². The topological polar surface area (TPSA) is 53.5 Å². The summed E-state index contributed by atoms with van der Waals surface area (Å²) in [5, 5.41) is 0.140. The number of ether oxygens (including phenoxy) is 1. The Labute approximate surface area is 125 Å². The van der Waals surface area contributed by atoms with Gasteiger partial charge in [0, 0.05) is 6.20 Å². The van der Waals surface area contributed by atoms with Crippen LogP contribution in [0.3, 0.4) is 0 Å². The molecular weight excluding hydrogens is 278 g/mol. The highest BCUT2D eigenvalue weighted by atomic mass is 35.5. The van der Waals surface area contributed by atoms with Crippen molar-refractivity contribution in [2.45, 2.75) is 58.8 Å². The molecule has 20 heavy (non-hydrogen) atoms. The third-order valence-corrected chi connectivity index (χ3v) is 3.79. The maximum absolute atomic E-state index is 5.99. The standard InChI is InChI=1S/C13H20BClN2O3/c1-8(2)18-10-9(7-16-11(15)17-10)14-19-12(3,4)13(5,6)20-14/h7-8H,1-6H3. The lowest BCUT2D eigenvalue weighted by Gasteiger charge is -2.32. The van der Waals surface area contributed by atoms with Crippen LogP contribution in [-0.4, -0.2) is 34.4 Å². The van der Waals surface area contributed by atoms with Crippen LogP contribution < -0.4 is 10.2 Å². The average molecular weight is 299 g/mol. The first kappa shape index (κ1) is 15.5. The van der Waals surface area contributed by atoms with Crippen molar-refractivity contribution in [3.05, 3.63) is 11.5 Å². The minimum Gasteiger partial charge on any atom is -0.475 e. The summed E-state index contributed by atoms with van der Waals surface area (Å²) in [7, 11) is -0.564. The number of rotatable bonds is 3. The van der Waals surface area contributed by atoms with Crippen molar-refractivity contribution in [2.24, 2.45) is 0 Å². The van der Waals surface area contributed by atoms with Crippen LogP contribution in [0.25, 0.3) is 0 Å². The fourth-order valence-electron chi connectivity index (χ4n) is 1.80. The van der Waals surface area contributed by atoms with Crippen LogP contribution in [-0.2, 0) is 9.31 Å². The summed E-state index contributed by atoms with van der Waals surface area (Å²) in [5.74, 6) is 0.401. The number of hydrogen-bond acceptors (Lipinski definition) is 5. The minimum absolute atomic E-state index is 0.0258. The predicted octanol–water partition coefficient (Wildman–Crippen LogP) is 2.22. The van der Waals surface area contributed by atoms with E-state index in [2.05, 4.69) is 9.97 Å². The maximum Gasteiger partial charge on any atom is 0.502 e. The van der Waals surface area contributed by atoms with E-state index in [-0.39, 0.29) is 11.4 Å². The van der Waals surface area contributed by atoms with Crippen LogP contribution in [0.4, 0.5) is 0 Å². The van der Waals surface area contributed by atoms with Crippen LogP contribution >= 0.6 is 11.6 Å². The summed E-state index contributed by atoms with van der Waals surface area (Å²) < 4.78 is 17.7. The molecule has 5 nitrogen and oxygen atoms in total. The molecule has 1 aliphatic rings. The summed E-state index contributed by atoms with van der Waals surface area (Å²) in [6, 6.07) is 0. The van der Waals surface area contributed by atoms with E-state index in [4.69, 9.17) is 25.6 Å². The monoisotopic (exact) mass is 298 g/mol. The van der Waals surface area contributed by atoms with Crippen molar-refractivity contribution in [1.82, 2.24) is 9.97 Å². The van der Waals surface area contributed by atoms with Gasteiger partial charge in [0.15, 0.2) is 0 Å². The molecule has 0 radical (unpaired) electrons. The molecule has 2 rings (SSSR count). The van der Waals surface area contributed by atoms with Gasteiger partial charge in [-0.1, -0.05) is 0 Å². The number of halogens is 1. The van der Waals surface area contributed by atoms with Crippen molar-refractivity contribution in [1.29, 1.82) is 0 Å². The predicted molar refractivity (Wildman–Crippen MR) is 78.5 cm³/mol. The fraction of sp³-hybridized carbons (Fsp3) is 0.692. The smallest absolute Gasteiger partial charge is 0.475 e. The second kappa shape index (κ2) is 5.17.